The number of hydrogen-bond acceptors (Lipinski definition) is 2. The van der Waals surface area contributed by atoms with Crippen LogP contribution in [0.4, 0.5) is 0 Å². The highest BCUT2D eigenvalue weighted by molar-refractivity contribution is 5.77. The first-order valence-corrected chi connectivity index (χ1v) is 4.48. The third kappa shape index (κ3) is 2.46. The van der Waals surface area contributed by atoms with E-state index in [1.54, 1.807) is 7.11 Å². The molecular formula is C10H15NO2. The van der Waals surface area contributed by atoms with E-state index in [0.717, 1.165) is 19.3 Å². The average molecular weight is 181 g/mol. The van der Waals surface area contributed by atoms with Gasteiger partial charge in [0.15, 0.2) is 0 Å². The van der Waals surface area contributed by atoms with Crippen molar-refractivity contribution in [2.45, 2.75) is 31.3 Å². The lowest BCUT2D eigenvalue weighted by Gasteiger charge is -2.39. The molecule has 0 heterocycles. The summed E-state index contributed by atoms with van der Waals surface area (Å²) in [5.74, 6) is 2.35. The van der Waals surface area contributed by atoms with E-state index in [-0.39, 0.29) is 11.5 Å². The van der Waals surface area contributed by atoms with Crippen molar-refractivity contribution in [3.05, 3.63) is 0 Å². The van der Waals surface area contributed by atoms with Crippen LogP contribution in [0.25, 0.3) is 0 Å². The Kier molecular flexibility index (Phi) is 3.32. The predicted molar refractivity (Wildman–Crippen MR) is 50.1 cm³/mol. The maximum absolute atomic E-state index is 11.3. The molecule has 0 bridgehead atoms. The molecule has 0 aromatic heterocycles. The zero-order chi connectivity index (χ0) is 9.73. The molecule has 1 saturated carbocycles. The standard InChI is InChI=1S/C10H15NO2/c1-3-7-11-9(12)8-10(13-2)5-4-6-10/h1H,4-8H2,2H3,(H,11,12). The van der Waals surface area contributed by atoms with Crippen molar-refractivity contribution in [3.8, 4) is 12.3 Å². The monoisotopic (exact) mass is 181 g/mol. The van der Waals surface area contributed by atoms with Crippen molar-refractivity contribution < 1.29 is 9.53 Å². The fourth-order valence-electron chi connectivity index (χ4n) is 1.53. The van der Waals surface area contributed by atoms with Gasteiger partial charge in [-0.15, -0.1) is 6.42 Å². The minimum atomic E-state index is -0.196. The van der Waals surface area contributed by atoms with Crippen molar-refractivity contribution in [1.29, 1.82) is 0 Å². The third-order valence-corrected chi connectivity index (χ3v) is 2.57. The van der Waals surface area contributed by atoms with E-state index in [1.165, 1.54) is 0 Å². The lowest BCUT2D eigenvalue weighted by Crippen LogP contribution is -2.43. The van der Waals surface area contributed by atoms with Crippen molar-refractivity contribution in [2.75, 3.05) is 13.7 Å². The summed E-state index contributed by atoms with van der Waals surface area (Å²) in [7, 11) is 1.66. The Bertz CT molecular complexity index is 220. The highest BCUT2D eigenvalue weighted by Gasteiger charge is 2.38. The van der Waals surface area contributed by atoms with Crippen LogP contribution in [-0.4, -0.2) is 25.2 Å². The fraction of sp³-hybridized carbons (Fsp3) is 0.700. The molecule has 0 unspecified atom stereocenters. The molecule has 13 heavy (non-hydrogen) atoms. The van der Waals surface area contributed by atoms with Crippen molar-refractivity contribution in [2.24, 2.45) is 0 Å². The molecule has 0 saturated heterocycles. The quantitative estimate of drug-likeness (QED) is 0.648. The topological polar surface area (TPSA) is 38.3 Å². The van der Waals surface area contributed by atoms with E-state index in [4.69, 9.17) is 11.2 Å². The van der Waals surface area contributed by atoms with Gasteiger partial charge in [0.05, 0.1) is 18.6 Å². The van der Waals surface area contributed by atoms with Crippen LogP contribution in [0.1, 0.15) is 25.7 Å². The zero-order valence-electron chi connectivity index (χ0n) is 7.93. The van der Waals surface area contributed by atoms with Crippen LogP contribution in [-0.2, 0) is 9.53 Å². The maximum atomic E-state index is 11.3. The van der Waals surface area contributed by atoms with Crippen LogP contribution in [0.15, 0.2) is 0 Å². The van der Waals surface area contributed by atoms with E-state index >= 15 is 0 Å². The van der Waals surface area contributed by atoms with Gasteiger partial charge in [-0.2, -0.15) is 0 Å². The van der Waals surface area contributed by atoms with Gasteiger partial charge in [0, 0.05) is 7.11 Å². The number of terminal acetylenes is 1. The van der Waals surface area contributed by atoms with Crippen LogP contribution < -0.4 is 5.32 Å². The molecule has 0 atom stereocenters. The van der Waals surface area contributed by atoms with Gasteiger partial charge < -0.3 is 10.1 Å². The molecular weight excluding hydrogens is 166 g/mol. The fourth-order valence-corrected chi connectivity index (χ4v) is 1.53. The summed E-state index contributed by atoms with van der Waals surface area (Å²) < 4.78 is 5.31. The van der Waals surface area contributed by atoms with Gasteiger partial charge >= 0.3 is 0 Å². The van der Waals surface area contributed by atoms with E-state index in [9.17, 15) is 4.79 Å². The van der Waals surface area contributed by atoms with Crippen LogP contribution in [0.5, 0.6) is 0 Å². The number of carbonyl (C=O) groups excluding carboxylic acids is 1. The summed E-state index contributed by atoms with van der Waals surface area (Å²) in [5, 5.41) is 2.64. The predicted octanol–water partition coefficient (Wildman–Crippen LogP) is 0.695. The summed E-state index contributed by atoms with van der Waals surface area (Å²) in [6.07, 6.45) is 8.57. The number of carbonyl (C=O) groups is 1. The molecule has 0 aromatic rings. The van der Waals surface area contributed by atoms with Crippen LogP contribution in [0, 0.1) is 12.3 Å². The van der Waals surface area contributed by atoms with Crippen LogP contribution in [0.2, 0.25) is 0 Å². The number of nitrogens with one attached hydrogen (secondary N) is 1. The van der Waals surface area contributed by atoms with Gasteiger partial charge in [-0.3, -0.25) is 4.79 Å². The first kappa shape index (κ1) is 10.1. The van der Waals surface area contributed by atoms with Crippen molar-refractivity contribution >= 4 is 5.91 Å². The Morgan fingerprint density at radius 2 is 2.38 bits per heavy atom. The number of hydrogen-bond donors (Lipinski definition) is 1. The molecule has 1 N–H and O–H groups in total. The first-order valence-electron chi connectivity index (χ1n) is 4.48. The minimum Gasteiger partial charge on any atom is -0.378 e. The van der Waals surface area contributed by atoms with E-state index in [1.807, 2.05) is 0 Å². The van der Waals surface area contributed by atoms with Crippen LogP contribution in [0.3, 0.4) is 0 Å². The summed E-state index contributed by atoms with van der Waals surface area (Å²) in [6, 6.07) is 0. The van der Waals surface area contributed by atoms with E-state index < -0.39 is 0 Å². The highest BCUT2D eigenvalue weighted by Crippen LogP contribution is 2.37. The number of methoxy groups -OCH3 is 1. The normalized spacial score (nSPS) is 18.5. The maximum Gasteiger partial charge on any atom is 0.223 e. The second-order valence-electron chi connectivity index (χ2n) is 3.40. The highest BCUT2D eigenvalue weighted by atomic mass is 16.5. The summed E-state index contributed by atoms with van der Waals surface area (Å²) in [4.78, 5) is 11.3. The minimum absolute atomic E-state index is 0.0144. The Morgan fingerprint density at radius 3 is 2.77 bits per heavy atom. The molecule has 1 fully saturated rings. The van der Waals surface area contributed by atoms with Crippen molar-refractivity contribution in [3.63, 3.8) is 0 Å². The smallest absolute Gasteiger partial charge is 0.223 e. The third-order valence-electron chi connectivity index (χ3n) is 2.57. The summed E-state index contributed by atoms with van der Waals surface area (Å²) in [5.41, 5.74) is -0.196. The molecule has 3 nitrogen and oxygen atoms in total. The van der Waals surface area contributed by atoms with Gasteiger partial charge in [-0.1, -0.05) is 5.92 Å². The van der Waals surface area contributed by atoms with Gasteiger partial charge in [-0.25, -0.2) is 0 Å². The van der Waals surface area contributed by atoms with Gasteiger partial charge in [0.1, 0.15) is 0 Å². The molecule has 72 valence electrons. The molecule has 3 heteroatoms. The van der Waals surface area contributed by atoms with E-state index in [0.29, 0.717) is 13.0 Å². The number of amides is 1. The Balaban J connectivity index is 2.30. The molecule has 1 aliphatic rings. The Labute approximate surface area is 78.8 Å². The van der Waals surface area contributed by atoms with E-state index in [2.05, 4.69) is 11.2 Å². The molecule has 1 rings (SSSR count). The second kappa shape index (κ2) is 4.29. The molecule has 0 spiro atoms. The molecule has 1 amide bonds. The zero-order valence-corrected chi connectivity index (χ0v) is 7.93. The number of rotatable bonds is 4. The lowest BCUT2D eigenvalue weighted by atomic mass is 9.77. The Morgan fingerprint density at radius 1 is 1.69 bits per heavy atom. The van der Waals surface area contributed by atoms with Gasteiger partial charge in [-0.05, 0) is 19.3 Å². The van der Waals surface area contributed by atoms with Gasteiger partial charge in [0.2, 0.25) is 5.91 Å². The second-order valence-corrected chi connectivity index (χ2v) is 3.40. The summed E-state index contributed by atoms with van der Waals surface area (Å²) in [6.45, 7) is 0.304. The Hall–Kier alpha value is -1.01. The SMILES string of the molecule is C#CCNC(=O)CC1(OC)CCC1. The van der Waals surface area contributed by atoms with Crippen LogP contribution >= 0.6 is 0 Å². The molecule has 0 aromatic carbocycles. The first-order chi connectivity index (χ1) is 6.22. The molecule has 0 radical (unpaired) electrons. The van der Waals surface area contributed by atoms with Gasteiger partial charge in [0.25, 0.3) is 0 Å². The largest absolute Gasteiger partial charge is 0.378 e. The number of ether oxygens (including phenoxy) is 1. The summed E-state index contributed by atoms with van der Waals surface area (Å²) >= 11 is 0. The lowest BCUT2D eigenvalue weighted by molar-refractivity contribution is -0.134. The van der Waals surface area contributed by atoms with Crippen molar-refractivity contribution in [1.82, 2.24) is 5.32 Å². The molecule has 0 aliphatic heterocycles. The average Bonchev–Trinajstić information content (AvgIpc) is 2.08. The molecule has 1 aliphatic carbocycles.